The lowest BCUT2D eigenvalue weighted by molar-refractivity contribution is -0.274. The zero-order valence-electron chi connectivity index (χ0n) is 20.3. The second-order valence-corrected chi connectivity index (χ2v) is 8.77. The van der Waals surface area contributed by atoms with Gasteiger partial charge in [-0.25, -0.2) is 4.79 Å². The maximum absolute atomic E-state index is 13.0. The summed E-state index contributed by atoms with van der Waals surface area (Å²) >= 11 is 0. The molecule has 0 radical (unpaired) electrons. The summed E-state index contributed by atoms with van der Waals surface area (Å²) in [5.74, 6) is -0.523. The Hall–Kier alpha value is -4.30. The summed E-state index contributed by atoms with van der Waals surface area (Å²) in [5.41, 5.74) is 3.24. The third kappa shape index (κ3) is 5.50. The third-order valence-electron chi connectivity index (χ3n) is 6.37. The molecule has 0 unspecified atom stereocenters. The molecule has 0 saturated carbocycles. The molecule has 12 nitrogen and oxygen atoms in total. The number of amides is 2. The van der Waals surface area contributed by atoms with Crippen molar-refractivity contribution in [3.63, 3.8) is 0 Å². The molecule has 0 bridgehead atoms. The Kier molecular flexibility index (Phi) is 6.82. The average Bonchev–Trinajstić information content (AvgIpc) is 3.48. The van der Waals surface area contributed by atoms with E-state index < -0.39 is 18.2 Å². The first-order valence-corrected chi connectivity index (χ1v) is 11.8. The highest BCUT2D eigenvalue weighted by Gasteiger charge is 2.32. The average molecular weight is 535 g/mol. The van der Waals surface area contributed by atoms with E-state index in [-0.39, 0.29) is 18.3 Å². The second kappa shape index (κ2) is 10.2. The first kappa shape index (κ1) is 25.4. The molecule has 1 N–H and O–H groups in total. The number of aromatic amines is 1. The maximum atomic E-state index is 13.0. The number of methoxy groups -OCH3 is 1. The molecule has 1 aromatic carbocycles. The van der Waals surface area contributed by atoms with E-state index in [1.807, 2.05) is 0 Å². The third-order valence-corrected chi connectivity index (χ3v) is 6.37. The van der Waals surface area contributed by atoms with E-state index in [1.165, 1.54) is 18.1 Å². The van der Waals surface area contributed by atoms with Crippen LogP contribution in [0.25, 0.3) is 0 Å². The fourth-order valence-corrected chi connectivity index (χ4v) is 4.43. The van der Waals surface area contributed by atoms with Crippen molar-refractivity contribution in [1.29, 1.82) is 0 Å². The fraction of sp³-hybridized carbons (Fsp3) is 0.435. The summed E-state index contributed by atoms with van der Waals surface area (Å²) in [5, 5.41) is 15.1. The molecule has 4 heterocycles. The van der Waals surface area contributed by atoms with Crippen LogP contribution in [0.4, 0.5) is 18.0 Å². The van der Waals surface area contributed by atoms with Gasteiger partial charge in [-0.05, 0) is 18.2 Å². The molecule has 0 fully saturated rings. The van der Waals surface area contributed by atoms with Gasteiger partial charge in [-0.15, -0.1) is 18.3 Å². The van der Waals surface area contributed by atoms with Crippen molar-refractivity contribution in [2.24, 2.45) is 0 Å². The van der Waals surface area contributed by atoms with Gasteiger partial charge in [-0.1, -0.05) is 5.21 Å². The molecule has 202 valence electrons. The van der Waals surface area contributed by atoms with Crippen LogP contribution >= 0.6 is 0 Å². The molecule has 2 aromatic heterocycles. The lowest BCUT2D eigenvalue weighted by atomic mass is 10.1. The zero-order valence-corrected chi connectivity index (χ0v) is 20.3. The number of fused-ring (bicyclic) bond motifs is 2. The number of H-pyrrole nitrogens is 1. The number of halogens is 3. The lowest BCUT2D eigenvalue weighted by Crippen LogP contribution is -2.36. The molecule has 0 saturated heterocycles. The number of ether oxygens (including phenoxy) is 3. The lowest BCUT2D eigenvalue weighted by Gasteiger charge is -2.24. The van der Waals surface area contributed by atoms with Gasteiger partial charge in [0.25, 0.3) is 5.91 Å². The number of carbonyl (C=O) groups excluding carboxylic acids is 2. The predicted molar refractivity (Wildman–Crippen MR) is 122 cm³/mol. The minimum atomic E-state index is -4.83. The van der Waals surface area contributed by atoms with Crippen molar-refractivity contribution in [2.75, 3.05) is 26.7 Å². The molecule has 5 rings (SSSR count). The summed E-state index contributed by atoms with van der Waals surface area (Å²) in [7, 11) is 1.30. The molecule has 2 aliphatic rings. The van der Waals surface area contributed by atoms with Gasteiger partial charge in [0.1, 0.15) is 23.8 Å². The van der Waals surface area contributed by atoms with Crippen LogP contribution in [0.1, 0.15) is 33.1 Å². The minimum Gasteiger partial charge on any atom is -0.496 e. The minimum absolute atomic E-state index is 0.0984. The summed E-state index contributed by atoms with van der Waals surface area (Å²) in [4.78, 5) is 28.9. The number of rotatable bonds is 5. The van der Waals surface area contributed by atoms with Gasteiger partial charge >= 0.3 is 12.5 Å². The van der Waals surface area contributed by atoms with E-state index in [0.717, 1.165) is 29.2 Å². The van der Waals surface area contributed by atoms with Crippen LogP contribution in [0.2, 0.25) is 0 Å². The van der Waals surface area contributed by atoms with Crippen LogP contribution in [0.3, 0.4) is 0 Å². The van der Waals surface area contributed by atoms with Crippen molar-refractivity contribution in [2.45, 2.75) is 38.9 Å². The molecule has 0 aliphatic carbocycles. The largest absolute Gasteiger partial charge is 0.573 e. The van der Waals surface area contributed by atoms with E-state index in [9.17, 15) is 22.8 Å². The normalized spacial score (nSPS) is 15.4. The van der Waals surface area contributed by atoms with Gasteiger partial charge in [0, 0.05) is 49.8 Å². The number of hydrogen-bond acceptors (Lipinski definition) is 8. The Morgan fingerprint density at radius 1 is 1.08 bits per heavy atom. The first-order valence-electron chi connectivity index (χ1n) is 11.8. The highest BCUT2D eigenvalue weighted by molar-refractivity contribution is 5.92. The number of nitrogens with zero attached hydrogens (tertiary/aromatic N) is 6. The van der Waals surface area contributed by atoms with Crippen molar-refractivity contribution in [3.05, 3.63) is 52.6 Å². The van der Waals surface area contributed by atoms with E-state index in [1.54, 1.807) is 15.6 Å². The maximum Gasteiger partial charge on any atom is 0.573 e. The zero-order chi connectivity index (χ0) is 26.9. The smallest absolute Gasteiger partial charge is 0.496 e. The molecule has 0 spiro atoms. The van der Waals surface area contributed by atoms with Crippen LogP contribution in [0, 0.1) is 0 Å². The Labute approximate surface area is 214 Å². The molecule has 2 aliphatic heterocycles. The number of carbonyl (C=O) groups is 2. The molecule has 0 atom stereocenters. The van der Waals surface area contributed by atoms with Crippen LogP contribution in [0.15, 0.2) is 24.3 Å². The standard InChI is InChI=1S/C23H24F3N7O5/c1-36-20-11-16(38-23(24,25)26)3-2-14(20)13-37-22(35)31-6-4-15-10-18(29-33(15)9-8-31)21(34)32-7-5-17-19(12-32)28-30-27-17/h2-3,10-11H,4-9,12-13H2,1H3,(H,27,28,30). The van der Waals surface area contributed by atoms with E-state index in [0.29, 0.717) is 56.8 Å². The van der Waals surface area contributed by atoms with Gasteiger partial charge < -0.3 is 24.0 Å². The summed E-state index contributed by atoms with van der Waals surface area (Å²) in [6.45, 7) is 1.74. The van der Waals surface area contributed by atoms with E-state index in [4.69, 9.17) is 9.47 Å². The van der Waals surface area contributed by atoms with E-state index in [2.05, 4.69) is 25.2 Å². The SMILES string of the molecule is COc1cc(OC(F)(F)F)ccc1COC(=O)N1CCc2cc(C(=O)N3CCc4[nH]nnc4C3)nn2CC1. The Bertz CT molecular complexity index is 1310. The topological polar surface area (TPSA) is 128 Å². The number of nitrogens with one attached hydrogen (secondary N) is 1. The fourth-order valence-electron chi connectivity index (χ4n) is 4.43. The van der Waals surface area contributed by atoms with Gasteiger partial charge in [0.15, 0.2) is 5.69 Å². The van der Waals surface area contributed by atoms with E-state index >= 15 is 0 Å². The van der Waals surface area contributed by atoms with Crippen molar-refractivity contribution >= 4 is 12.0 Å². The quantitative estimate of drug-likeness (QED) is 0.527. The van der Waals surface area contributed by atoms with Crippen molar-refractivity contribution in [3.8, 4) is 11.5 Å². The molecule has 38 heavy (non-hydrogen) atoms. The Morgan fingerprint density at radius 3 is 2.68 bits per heavy atom. The Balaban J connectivity index is 1.16. The van der Waals surface area contributed by atoms with Gasteiger partial charge in [0.2, 0.25) is 0 Å². The second-order valence-electron chi connectivity index (χ2n) is 8.77. The summed E-state index contributed by atoms with van der Waals surface area (Å²) < 4.78 is 53.5. The van der Waals surface area contributed by atoms with Crippen molar-refractivity contribution < 1.29 is 37.0 Å². The molecule has 2 amide bonds. The Morgan fingerprint density at radius 2 is 1.89 bits per heavy atom. The highest BCUT2D eigenvalue weighted by atomic mass is 19.4. The number of aromatic nitrogens is 5. The van der Waals surface area contributed by atoms with Gasteiger partial charge in [0.05, 0.1) is 25.9 Å². The van der Waals surface area contributed by atoms with Crippen LogP contribution in [-0.2, 0) is 37.3 Å². The van der Waals surface area contributed by atoms with Gasteiger partial charge in [-0.2, -0.15) is 5.10 Å². The molecular formula is C23H24F3N7O5. The van der Waals surface area contributed by atoms with Crippen LogP contribution < -0.4 is 9.47 Å². The monoisotopic (exact) mass is 535 g/mol. The van der Waals surface area contributed by atoms with Crippen LogP contribution in [0.5, 0.6) is 11.5 Å². The van der Waals surface area contributed by atoms with Crippen LogP contribution in [-0.4, -0.2) is 80.1 Å². The molecular weight excluding hydrogens is 511 g/mol. The van der Waals surface area contributed by atoms with Gasteiger partial charge in [-0.3, -0.25) is 14.6 Å². The number of hydrogen-bond donors (Lipinski definition) is 1. The predicted octanol–water partition coefficient (Wildman–Crippen LogP) is 2.30. The molecule has 15 heteroatoms. The molecule has 3 aromatic rings. The summed E-state index contributed by atoms with van der Waals surface area (Å²) in [6, 6.07) is 5.28. The first-order chi connectivity index (χ1) is 18.2. The summed E-state index contributed by atoms with van der Waals surface area (Å²) in [6.07, 6.45) is -4.30. The number of alkyl halides is 3. The number of benzene rings is 1. The highest BCUT2D eigenvalue weighted by Crippen LogP contribution is 2.29. The van der Waals surface area contributed by atoms with Crippen molar-refractivity contribution in [1.82, 2.24) is 35.0 Å².